The van der Waals surface area contributed by atoms with Gasteiger partial charge in [0.15, 0.2) is 34.2 Å². The highest BCUT2D eigenvalue weighted by molar-refractivity contribution is 6.37. The number of nitrogens with zero attached hydrogens (tertiary/aromatic N) is 10. The molecule has 0 saturated carbocycles. The van der Waals surface area contributed by atoms with Crippen LogP contribution in [0.3, 0.4) is 0 Å². The van der Waals surface area contributed by atoms with Crippen molar-refractivity contribution in [3.05, 3.63) is 471 Å². The number of aryl methyl sites for hydroxylation is 6. The van der Waals surface area contributed by atoms with Gasteiger partial charge in [-0.15, -0.1) is 0 Å². The van der Waals surface area contributed by atoms with Crippen LogP contribution in [0.15, 0.2) is 437 Å². The summed E-state index contributed by atoms with van der Waals surface area (Å²) in [6.45, 7) is 12.8. The van der Waals surface area contributed by atoms with Gasteiger partial charge in [0.05, 0.1) is 22.1 Å². The molecule has 10 heteroatoms. The normalized spacial score (nSPS) is 11.6. The zero-order valence-corrected chi connectivity index (χ0v) is 79.0. The molecule has 15 aromatic heterocycles. The Bertz CT molecular complexity index is 8830. The summed E-state index contributed by atoms with van der Waals surface area (Å²) < 4.78 is 0. The van der Waals surface area contributed by atoms with E-state index in [2.05, 4.69) is 454 Å². The van der Waals surface area contributed by atoms with E-state index in [1.165, 1.54) is 109 Å². The van der Waals surface area contributed by atoms with Crippen LogP contribution in [0.25, 0.3) is 263 Å². The van der Waals surface area contributed by atoms with Crippen molar-refractivity contribution < 1.29 is 0 Å². The van der Waals surface area contributed by atoms with E-state index in [0.717, 1.165) is 153 Å². The molecule has 142 heavy (non-hydrogen) atoms. The Morgan fingerprint density at radius 2 is 0.317 bits per heavy atom. The predicted molar refractivity (Wildman–Crippen MR) is 597 cm³/mol. The van der Waals surface area contributed by atoms with Gasteiger partial charge in [0.25, 0.3) is 0 Å². The summed E-state index contributed by atoms with van der Waals surface area (Å²) >= 11 is 0. The summed E-state index contributed by atoms with van der Waals surface area (Å²) in [5.74, 6) is 1.17. The molecule has 0 N–H and O–H groups in total. The van der Waals surface area contributed by atoms with Crippen molar-refractivity contribution in [3.63, 3.8) is 0 Å². The molecule has 0 saturated heterocycles. The molecule has 22 aromatic carbocycles. The van der Waals surface area contributed by atoms with Crippen molar-refractivity contribution >= 4 is 195 Å². The minimum absolute atomic E-state index is 0.566. The van der Waals surface area contributed by atoms with Crippen LogP contribution >= 0.6 is 0 Å². The largest absolute Gasteiger partial charge is 0.256 e. The van der Waals surface area contributed by atoms with Gasteiger partial charge >= 0.3 is 0 Å². The molecule has 0 aliphatic heterocycles. The first-order chi connectivity index (χ1) is 69.7. The molecule has 24 bridgehead atoms. The minimum Gasteiger partial charge on any atom is -0.256 e. The third-order valence-electron chi connectivity index (χ3n) is 28.0. The van der Waals surface area contributed by atoms with E-state index in [1.807, 2.05) is 24.8 Å². The van der Waals surface area contributed by atoms with E-state index in [9.17, 15) is 0 Å². The average molecular weight is 1820 g/mol. The van der Waals surface area contributed by atoms with Crippen LogP contribution in [0.5, 0.6) is 0 Å². The van der Waals surface area contributed by atoms with Crippen molar-refractivity contribution in [1.82, 2.24) is 49.8 Å². The van der Waals surface area contributed by atoms with E-state index in [-0.39, 0.29) is 0 Å². The molecule has 37 aromatic rings. The molecule has 37 rings (SSSR count). The lowest BCUT2D eigenvalue weighted by Crippen LogP contribution is -1.94. The third-order valence-corrected chi connectivity index (χ3v) is 28.0. The monoisotopic (exact) mass is 1810 g/mol. The van der Waals surface area contributed by atoms with Gasteiger partial charge in [-0.3, -0.25) is 19.9 Å². The second-order valence-corrected chi connectivity index (χ2v) is 37.5. The van der Waals surface area contributed by atoms with Gasteiger partial charge in [-0.1, -0.05) is 373 Å². The summed E-state index contributed by atoms with van der Waals surface area (Å²) in [7, 11) is 0. The number of hydrogen-bond donors (Lipinski definition) is 0. The fraction of sp³-hybridized carbons (Fsp3) is 0.0455. The fourth-order valence-corrected chi connectivity index (χ4v) is 20.1. The first-order valence-corrected chi connectivity index (χ1v) is 48.2. The lowest BCUT2D eigenvalue weighted by molar-refractivity contribution is 1.18. The highest BCUT2D eigenvalue weighted by Gasteiger charge is 2.23. The zero-order valence-electron chi connectivity index (χ0n) is 79.0. The second-order valence-electron chi connectivity index (χ2n) is 37.5. The molecule has 0 fully saturated rings. The molecular formula is C132H90N10. The predicted octanol–water partition coefficient (Wildman–Crippen LogP) is 34.4. The number of aromatic nitrogens is 10. The smallest absolute Gasteiger partial charge is 0.164 e. The molecule has 0 aliphatic carbocycles. The highest BCUT2D eigenvalue weighted by Crippen LogP contribution is 2.50. The molecular weight excluding hydrogens is 1730 g/mol. The molecule has 668 valence electrons. The number of rotatable bonds is 6. The third kappa shape index (κ3) is 16.3. The lowest BCUT2D eigenvalue weighted by Gasteiger charge is -2.19. The van der Waals surface area contributed by atoms with Crippen LogP contribution < -0.4 is 0 Å². The standard InChI is InChI=1S/C132H90N10/c1-79-7-27-89(28-8-79)115-71-119-93-47-55-103(56-48-93)133-75-85-19-39-99(40-20-85)129-137-127(97-35-15-83(5)16-36-97)138-130(141-129)101-43-23-87(24-44-101)77-135-105-59-51-95(52-60-105)121-73-117(91-31-11-81(3)12-32-91)109-65-66-110-118(92-33-13-82(4)14-34-92)74-122(114-70-69-113(121)125(109)126(110)114)96-53-61-106(62-54-96)136-78-88-25-45-102(46-26-88)132-140-128(98-37-17-84(6)18-38-98)139-131(142-132)100-41-21-86(22-42-100)76-134-104-57-49-94(50-58-104)120-72-116(90-29-9-80(2)10-30-90)108-64-63-107(115)123-111(119)67-68-112(120)124(108)123/h7-78H,1-6H3. The summed E-state index contributed by atoms with van der Waals surface area (Å²) in [6, 6.07) is 149. The maximum absolute atomic E-state index is 5.18. The molecule has 10 nitrogen and oxygen atoms in total. The van der Waals surface area contributed by atoms with Gasteiger partial charge < -0.3 is 0 Å². The van der Waals surface area contributed by atoms with Gasteiger partial charge in [-0.05, 0) is 288 Å². The summed E-state index contributed by atoms with van der Waals surface area (Å²) in [5.41, 5.74) is 23.9. The molecule has 0 atom stereocenters. The molecule has 0 radical (unpaired) electrons. The quantitative estimate of drug-likeness (QED) is 0.148. The van der Waals surface area contributed by atoms with Crippen molar-refractivity contribution in [1.29, 1.82) is 0 Å². The van der Waals surface area contributed by atoms with Crippen LogP contribution in [-0.2, 0) is 0 Å². The molecule has 15 heterocycles. The lowest BCUT2D eigenvalue weighted by atomic mass is 9.84. The fourth-order valence-electron chi connectivity index (χ4n) is 20.1. The minimum atomic E-state index is 0.566. The van der Waals surface area contributed by atoms with Crippen molar-refractivity contribution in [2.45, 2.75) is 41.5 Å². The molecule has 0 spiro atoms. The average Bonchev–Trinajstić information content (AvgIpc) is 0.709. The van der Waals surface area contributed by atoms with Crippen molar-refractivity contribution in [2.24, 2.45) is 0 Å². The Morgan fingerprint density at radius 3 is 0.514 bits per heavy atom. The Balaban J connectivity index is 0.656. The van der Waals surface area contributed by atoms with E-state index >= 15 is 0 Å². The molecule has 0 amide bonds. The SMILES string of the molecule is Cc1ccc(-c2nc3nc(n2)c2ccc(cc2)cnc2ccc(cc2)c2cc(-c4ccc(C)cc4)c4ccc5c(-c6ccc(C)cc6)cc(c6ccc(cc6)ncc6ccc(cc6)c6nc(-c7ccc(C)cc7)nc(n6)c6ccc(cc6)cnc6ccc(cc6)c6cc(-c7ccc(C)cc7)c7ccc8c(-c9ccc(C)cc9)cc(c9ccc(cc9)ncc9ccc3cc9)c3ccc6c7c83)c3ccc2c4c53)cc1. The van der Waals surface area contributed by atoms with Crippen LogP contribution in [0, 0.1) is 41.5 Å². The van der Waals surface area contributed by atoms with Crippen LogP contribution in [0.2, 0.25) is 0 Å². The number of hydrogen-bond acceptors (Lipinski definition) is 10. The van der Waals surface area contributed by atoms with Crippen molar-refractivity contribution in [2.75, 3.05) is 0 Å². The number of benzene rings is 22. The van der Waals surface area contributed by atoms with Crippen LogP contribution in [-0.4, -0.2) is 49.8 Å². The Morgan fingerprint density at radius 1 is 0.141 bits per heavy atom. The zero-order chi connectivity index (χ0) is 95.2. The second kappa shape index (κ2) is 35.6. The van der Waals surface area contributed by atoms with Gasteiger partial charge in [0, 0.05) is 57.5 Å². The van der Waals surface area contributed by atoms with Crippen molar-refractivity contribution in [3.8, 4) is 67.3 Å². The molecule has 0 unspecified atom stereocenters. The Hall–Kier alpha value is -18.4. The van der Waals surface area contributed by atoms with Gasteiger partial charge in [-0.25, -0.2) is 29.9 Å². The van der Waals surface area contributed by atoms with Crippen LogP contribution in [0.4, 0.5) is 0 Å². The Kier molecular flexibility index (Phi) is 21.4. The maximum atomic E-state index is 5.18. The Labute approximate surface area is 819 Å². The summed E-state index contributed by atoms with van der Waals surface area (Å²) in [4.78, 5) is 51.3. The topological polar surface area (TPSA) is 129 Å². The maximum Gasteiger partial charge on any atom is 0.164 e. The first-order valence-electron chi connectivity index (χ1n) is 48.2. The molecule has 0 aliphatic rings. The van der Waals surface area contributed by atoms with E-state index in [1.54, 1.807) is 0 Å². The van der Waals surface area contributed by atoms with Gasteiger partial charge in [-0.2, -0.15) is 0 Å². The van der Waals surface area contributed by atoms with E-state index in [0.29, 0.717) is 34.2 Å². The first kappa shape index (κ1) is 85.3. The van der Waals surface area contributed by atoms with E-state index < -0.39 is 0 Å². The summed E-state index contributed by atoms with van der Waals surface area (Å²) in [6.07, 6.45) is 7.70. The summed E-state index contributed by atoms with van der Waals surface area (Å²) in [5, 5.41) is 30.5. The van der Waals surface area contributed by atoms with E-state index in [4.69, 9.17) is 49.8 Å². The van der Waals surface area contributed by atoms with Gasteiger partial charge in [0.1, 0.15) is 0 Å². The van der Waals surface area contributed by atoms with Crippen LogP contribution in [0.1, 0.15) is 33.4 Å². The van der Waals surface area contributed by atoms with Gasteiger partial charge in [0.2, 0.25) is 0 Å². The highest BCUT2D eigenvalue weighted by atomic mass is 15.0.